The lowest BCUT2D eigenvalue weighted by atomic mass is 9.93. The van der Waals surface area contributed by atoms with Crippen molar-refractivity contribution in [2.45, 2.75) is 70.5 Å². The summed E-state index contributed by atoms with van der Waals surface area (Å²) in [4.78, 5) is 11.7. The number of rotatable bonds is 11. The van der Waals surface area contributed by atoms with E-state index >= 15 is 0 Å². The molecule has 0 saturated carbocycles. The molecule has 1 unspecified atom stereocenters. The van der Waals surface area contributed by atoms with E-state index in [-0.39, 0.29) is 5.04 Å². The fourth-order valence-corrected chi connectivity index (χ4v) is 3.76. The van der Waals surface area contributed by atoms with Crippen molar-refractivity contribution in [3.8, 4) is 11.5 Å². The summed E-state index contributed by atoms with van der Waals surface area (Å²) in [6.07, 6.45) is 3.38. The van der Waals surface area contributed by atoms with Crippen molar-refractivity contribution in [1.82, 2.24) is 0 Å². The van der Waals surface area contributed by atoms with Crippen LogP contribution in [0.1, 0.15) is 57.9 Å². The maximum absolute atomic E-state index is 11.7. The van der Waals surface area contributed by atoms with Crippen LogP contribution in [0.4, 0.5) is 0 Å². The van der Waals surface area contributed by atoms with Crippen LogP contribution in [0.2, 0.25) is 18.1 Å². The Hall–Kier alpha value is -1.53. The number of hydrogen-bond donors (Lipinski definition) is 1. The summed E-state index contributed by atoms with van der Waals surface area (Å²) in [5.41, 5.74) is 0.748. The molecule has 0 aromatic heterocycles. The molecule has 0 heterocycles. The molecular formula is C21H36O5Si. The molecule has 1 aromatic rings. The van der Waals surface area contributed by atoms with Crippen molar-refractivity contribution in [3.05, 3.63) is 23.8 Å². The van der Waals surface area contributed by atoms with Crippen LogP contribution in [-0.2, 0) is 9.22 Å². The zero-order valence-electron chi connectivity index (χ0n) is 17.9. The van der Waals surface area contributed by atoms with E-state index in [1.807, 2.05) is 0 Å². The van der Waals surface area contributed by atoms with E-state index < -0.39 is 20.2 Å². The number of ether oxygens (including phenoxy) is 2. The molecule has 154 valence electrons. The minimum absolute atomic E-state index is 0.217. The van der Waals surface area contributed by atoms with Crippen LogP contribution in [0.5, 0.6) is 11.5 Å². The lowest BCUT2D eigenvalue weighted by Crippen LogP contribution is -2.40. The largest absolute Gasteiger partial charge is 0.493 e. The van der Waals surface area contributed by atoms with Gasteiger partial charge in [0.05, 0.1) is 20.1 Å². The highest BCUT2D eigenvalue weighted by Crippen LogP contribution is 2.37. The molecule has 0 fully saturated rings. The Bertz CT molecular complexity index is 607. The van der Waals surface area contributed by atoms with Crippen molar-refractivity contribution >= 4 is 14.3 Å². The second kappa shape index (κ2) is 10.1. The number of hydrogen-bond acceptors (Lipinski definition) is 4. The Morgan fingerprint density at radius 1 is 1.07 bits per heavy atom. The van der Waals surface area contributed by atoms with Crippen LogP contribution in [0.25, 0.3) is 0 Å². The molecule has 1 aromatic carbocycles. The van der Waals surface area contributed by atoms with E-state index in [1.165, 1.54) is 0 Å². The molecule has 0 aliphatic rings. The van der Waals surface area contributed by atoms with Crippen LogP contribution in [-0.4, -0.2) is 40.2 Å². The van der Waals surface area contributed by atoms with Crippen molar-refractivity contribution in [2.24, 2.45) is 0 Å². The second-order valence-electron chi connectivity index (χ2n) is 8.46. The Morgan fingerprint density at radius 3 is 2.22 bits per heavy atom. The molecule has 0 amide bonds. The predicted octanol–water partition coefficient (Wildman–Crippen LogP) is 5.45. The highest BCUT2D eigenvalue weighted by molar-refractivity contribution is 6.74. The molecule has 0 aliphatic heterocycles. The first-order valence-corrected chi connectivity index (χ1v) is 12.5. The average molecular weight is 397 g/mol. The van der Waals surface area contributed by atoms with Gasteiger partial charge in [-0.1, -0.05) is 39.7 Å². The number of carboxylic acids is 1. The quantitative estimate of drug-likeness (QED) is 0.398. The zero-order valence-corrected chi connectivity index (χ0v) is 18.9. The third kappa shape index (κ3) is 6.85. The van der Waals surface area contributed by atoms with E-state index in [2.05, 4.69) is 33.9 Å². The molecule has 1 N–H and O–H groups in total. The zero-order chi connectivity index (χ0) is 20.7. The van der Waals surface area contributed by atoms with Gasteiger partial charge in [0.1, 0.15) is 0 Å². The Kier molecular flexibility index (Phi) is 8.82. The van der Waals surface area contributed by atoms with Gasteiger partial charge in [-0.2, -0.15) is 0 Å². The highest BCUT2D eigenvalue weighted by atomic mass is 28.4. The molecular weight excluding hydrogens is 360 g/mol. The van der Waals surface area contributed by atoms with E-state index in [1.54, 1.807) is 32.4 Å². The van der Waals surface area contributed by atoms with Crippen LogP contribution in [0.3, 0.4) is 0 Å². The molecule has 0 radical (unpaired) electrons. The van der Waals surface area contributed by atoms with Gasteiger partial charge in [-0.25, -0.2) is 0 Å². The summed E-state index contributed by atoms with van der Waals surface area (Å²) < 4.78 is 16.7. The smallest absolute Gasteiger partial charge is 0.310 e. The summed E-state index contributed by atoms with van der Waals surface area (Å²) in [6, 6.07) is 5.33. The van der Waals surface area contributed by atoms with Gasteiger partial charge in [0.2, 0.25) is 0 Å². The SMILES string of the molecule is COc1ccc(C(CCCCCO[Si](C)(C)C(C)(C)C)C(=O)O)cc1OC. The van der Waals surface area contributed by atoms with E-state index in [4.69, 9.17) is 13.9 Å². The fourth-order valence-electron chi connectivity index (χ4n) is 2.67. The molecule has 6 heteroatoms. The van der Waals surface area contributed by atoms with Crippen molar-refractivity contribution in [2.75, 3.05) is 20.8 Å². The van der Waals surface area contributed by atoms with Crippen molar-refractivity contribution < 1.29 is 23.8 Å². The van der Waals surface area contributed by atoms with Gasteiger partial charge in [0, 0.05) is 6.61 Å². The normalized spacial score (nSPS) is 13.3. The number of benzene rings is 1. The first kappa shape index (κ1) is 23.5. The molecule has 5 nitrogen and oxygen atoms in total. The number of carboxylic acid groups (broad SMARTS) is 1. The van der Waals surface area contributed by atoms with Crippen molar-refractivity contribution in [3.63, 3.8) is 0 Å². The summed E-state index contributed by atoms with van der Waals surface area (Å²) >= 11 is 0. The van der Waals surface area contributed by atoms with Crippen LogP contribution in [0, 0.1) is 0 Å². The number of methoxy groups -OCH3 is 2. The maximum Gasteiger partial charge on any atom is 0.310 e. The van der Waals surface area contributed by atoms with Crippen LogP contribution < -0.4 is 9.47 Å². The van der Waals surface area contributed by atoms with Gasteiger partial charge in [-0.3, -0.25) is 4.79 Å². The van der Waals surface area contributed by atoms with Gasteiger partial charge >= 0.3 is 5.97 Å². The van der Waals surface area contributed by atoms with Gasteiger partial charge in [-0.15, -0.1) is 0 Å². The summed E-state index contributed by atoms with van der Waals surface area (Å²) in [6.45, 7) is 12.0. The minimum atomic E-state index is -1.70. The first-order valence-electron chi connectivity index (χ1n) is 9.62. The fraction of sp³-hybridized carbons (Fsp3) is 0.667. The van der Waals surface area contributed by atoms with Gasteiger partial charge in [0.25, 0.3) is 0 Å². The molecule has 0 spiro atoms. The van der Waals surface area contributed by atoms with Crippen molar-refractivity contribution in [1.29, 1.82) is 0 Å². The van der Waals surface area contributed by atoms with Crippen LogP contribution in [0.15, 0.2) is 18.2 Å². The van der Waals surface area contributed by atoms with E-state index in [0.29, 0.717) is 17.9 Å². The standard InChI is InChI=1S/C21H36O5Si/c1-21(2,3)27(6,7)26-14-10-8-9-11-17(20(22)23)16-12-13-18(24-4)19(15-16)25-5/h12-13,15,17H,8-11,14H2,1-7H3,(H,22,23). The maximum atomic E-state index is 11.7. The third-order valence-electron chi connectivity index (χ3n) is 5.51. The summed E-state index contributed by atoms with van der Waals surface area (Å²) in [5, 5.41) is 9.84. The molecule has 1 atom stereocenters. The molecule has 0 aliphatic carbocycles. The van der Waals surface area contributed by atoms with Gasteiger partial charge in [0.15, 0.2) is 19.8 Å². The van der Waals surface area contributed by atoms with Gasteiger partial charge < -0.3 is 19.0 Å². The van der Waals surface area contributed by atoms with E-state index in [9.17, 15) is 9.90 Å². The number of unbranched alkanes of at least 4 members (excludes halogenated alkanes) is 2. The molecule has 0 bridgehead atoms. The Balaban J connectivity index is 2.54. The number of carbonyl (C=O) groups is 1. The number of aliphatic carboxylic acids is 1. The molecule has 0 saturated heterocycles. The Labute approximate surface area is 165 Å². The monoisotopic (exact) mass is 396 g/mol. The van der Waals surface area contributed by atoms with Crippen LogP contribution >= 0.6 is 0 Å². The lowest BCUT2D eigenvalue weighted by molar-refractivity contribution is -0.139. The Morgan fingerprint density at radius 2 is 1.70 bits per heavy atom. The second-order valence-corrected chi connectivity index (χ2v) is 13.3. The summed E-state index contributed by atoms with van der Waals surface area (Å²) in [5.74, 6) is -0.178. The average Bonchev–Trinajstić information content (AvgIpc) is 2.59. The topological polar surface area (TPSA) is 65.0 Å². The van der Waals surface area contributed by atoms with E-state index in [0.717, 1.165) is 31.4 Å². The molecule has 1 rings (SSSR count). The third-order valence-corrected chi connectivity index (χ3v) is 10.1. The highest BCUT2D eigenvalue weighted by Gasteiger charge is 2.36. The summed E-state index contributed by atoms with van der Waals surface area (Å²) in [7, 11) is 1.43. The first-order chi connectivity index (χ1) is 12.5. The minimum Gasteiger partial charge on any atom is -0.493 e. The van der Waals surface area contributed by atoms with Gasteiger partial charge in [-0.05, 0) is 48.7 Å². The predicted molar refractivity (Wildman–Crippen MR) is 112 cm³/mol. The lowest BCUT2D eigenvalue weighted by Gasteiger charge is -2.36. The molecule has 27 heavy (non-hydrogen) atoms.